The van der Waals surface area contributed by atoms with Crippen LogP contribution in [0.15, 0.2) is 0 Å². The maximum absolute atomic E-state index is 8.14. The molecule has 1 atom stereocenters. The average molecular weight is 68.0 g/mol. The fourth-order valence-corrected chi connectivity index (χ4v) is 0. The van der Waals surface area contributed by atoms with Gasteiger partial charge in [0, 0.05) is 0 Å². The number of ether oxygens (including phenoxy) is 1. The van der Waals surface area contributed by atoms with Gasteiger partial charge in [0.05, 0.1) is 0 Å². The van der Waals surface area contributed by atoms with Gasteiger partial charge in [0.15, 0.2) is 0 Å². The van der Waals surface area contributed by atoms with E-state index in [9.17, 15) is 0 Å². The Kier molecular flexibility index (Phi) is 3.02. The summed E-state index contributed by atoms with van der Waals surface area (Å²) in [5, 5.41) is 8.14. The van der Waals surface area contributed by atoms with Gasteiger partial charge in [-0.1, -0.05) is 0 Å². The Labute approximate surface area is 40.3 Å². The Morgan fingerprint density at radius 3 is 2.20 bits per heavy atom. The van der Waals surface area contributed by atoms with Crippen molar-refractivity contribution in [1.82, 2.24) is 0 Å². The monoisotopic (exact) mass is 68.0 g/mol. The third kappa shape index (κ3) is 4.52. The fourth-order valence-electron chi connectivity index (χ4n) is 0. The molecule has 0 saturated heterocycles. The van der Waals surface area contributed by atoms with Gasteiger partial charge < -0.3 is 0 Å². The van der Waals surface area contributed by atoms with E-state index in [-0.39, 0.29) is 0 Å². The van der Waals surface area contributed by atoms with Crippen molar-refractivity contribution in [1.29, 1.82) is 0 Å². The molecule has 1 N–H and O–H groups in total. The zero-order valence-electron chi connectivity index (χ0n) is 3.43. The van der Waals surface area contributed by atoms with Crippen LogP contribution < -0.4 is 0 Å². The molecule has 5 heavy (non-hydrogen) atoms. The minimum absolute atomic E-state index is 0.616. The Morgan fingerprint density at radius 1 is 2.00 bits per heavy atom. The van der Waals surface area contributed by atoms with Crippen LogP contribution in [0.3, 0.4) is 0 Å². The van der Waals surface area contributed by atoms with E-state index in [2.05, 4.69) is 4.74 Å². The molecule has 0 rings (SSSR count). The standard InChI is InChI=1S/C2H5O2.Li/c1-4-2-3;/h2-3H,1H3;. The molecule has 0 fully saturated rings. The first kappa shape index (κ1) is 5.52. The van der Waals surface area contributed by atoms with E-state index < -0.39 is 4.96 Å². The van der Waals surface area contributed by atoms with Crippen molar-refractivity contribution in [2.45, 2.75) is 4.96 Å². The fraction of sp³-hybridized carbons (Fsp3) is 1.00. The number of hydrogen-bond acceptors (Lipinski definition) is 2. The Bertz CT molecular complexity index is 21.6. The number of aliphatic hydroxyl groups is 1. The van der Waals surface area contributed by atoms with Gasteiger partial charge in [0.2, 0.25) is 0 Å². The summed E-state index contributed by atoms with van der Waals surface area (Å²) in [4.78, 5) is -0.616. The van der Waals surface area contributed by atoms with E-state index in [1.54, 1.807) is 17.7 Å². The van der Waals surface area contributed by atoms with Crippen LogP contribution in [0, 0.1) is 0 Å². The van der Waals surface area contributed by atoms with Gasteiger partial charge in [0.1, 0.15) is 0 Å². The van der Waals surface area contributed by atoms with E-state index >= 15 is 0 Å². The normalized spacial score (nSPS) is 15.2. The predicted octanol–water partition coefficient (Wildman–Crippen LogP) is -0.923. The van der Waals surface area contributed by atoms with E-state index in [0.717, 1.165) is 0 Å². The van der Waals surface area contributed by atoms with Crippen molar-refractivity contribution in [2.24, 2.45) is 0 Å². The number of hydrogen-bond donors (Lipinski definition) is 1. The summed E-state index contributed by atoms with van der Waals surface area (Å²) in [7, 11) is 1.45. The second-order valence-electron chi connectivity index (χ2n) is 0.835. The van der Waals surface area contributed by atoms with E-state index in [0.29, 0.717) is 0 Å². The molecule has 0 amide bonds. The second-order valence-corrected chi connectivity index (χ2v) is 0.835. The summed E-state index contributed by atoms with van der Waals surface area (Å²) in [6.45, 7) is 0. The number of methoxy groups -OCH3 is 1. The summed E-state index contributed by atoms with van der Waals surface area (Å²) in [6.07, 6.45) is 0. The molecule has 3 heteroatoms. The molecule has 2 nitrogen and oxygen atoms in total. The molecular weight excluding hydrogens is 63.0 g/mol. The minimum atomic E-state index is -0.616. The Hall–Kier alpha value is 0.517. The van der Waals surface area contributed by atoms with Crippen molar-refractivity contribution in [3.05, 3.63) is 0 Å². The van der Waals surface area contributed by atoms with Crippen molar-refractivity contribution in [3.63, 3.8) is 0 Å². The summed E-state index contributed by atoms with van der Waals surface area (Å²) in [6, 6.07) is 0. The third-order valence-electron chi connectivity index (χ3n) is 0.341. The molecule has 0 aromatic heterocycles. The van der Waals surface area contributed by atoms with Crippen LogP contribution in [0.25, 0.3) is 0 Å². The first-order valence-electron chi connectivity index (χ1n) is 1.48. The summed E-state index contributed by atoms with van der Waals surface area (Å²) in [5.41, 5.74) is 0. The summed E-state index contributed by atoms with van der Waals surface area (Å²) in [5.74, 6) is 0. The third-order valence-corrected chi connectivity index (χ3v) is 0.341. The molecule has 0 spiro atoms. The van der Waals surface area contributed by atoms with Gasteiger partial charge in [-0.3, -0.25) is 0 Å². The average Bonchev–Trinajstić information content (AvgIpc) is 1.38. The molecule has 0 aromatic rings. The van der Waals surface area contributed by atoms with Crippen molar-refractivity contribution >= 4 is 17.7 Å². The van der Waals surface area contributed by atoms with E-state index in [1.165, 1.54) is 7.11 Å². The van der Waals surface area contributed by atoms with Gasteiger partial charge in [0.25, 0.3) is 0 Å². The van der Waals surface area contributed by atoms with Crippen LogP contribution in [0.2, 0.25) is 0 Å². The van der Waals surface area contributed by atoms with E-state index in [4.69, 9.17) is 5.11 Å². The van der Waals surface area contributed by atoms with Crippen molar-refractivity contribution in [3.8, 4) is 0 Å². The summed E-state index contributed by atoms with van der Waals surface area (Å²) >= 11 is 1.56. The molecular formula is C2H5LiO2. The zero-order chi connectivity index (χ0) is 4.28. The molecule has 0 aromatic carbocycles. The molecule has 1 unspecified atom stereocenters. The van der Waals surface area contributed by atoms with Crippen LogP contribution in [0.1, 0.15) is 0 Å². The van der Waals surface area contributed by atoms with Crippen LogP contribution in [0.5, 0.6) is 0 Å². The van der Waals surface area contributed by atoms with Crippen LogP contribution in [0.4, 0.5) is 0 Å². The predicted molar refractivity (Wildman–Crippen MR) is 18.8 cm³/mol. The summed E-state index contributed by atoms with van der Waals surface area (Å²) < 4.78 is 4.31. The Balaban J connectivity index is 2.54. The zero-order valence-corrected chi connectivity index (χ0v) is 3.43. The van der Waals surface area contributed by atoms with E-state index in [1.807, 2.05) is 0 Å². The van der Waals surface area contributed by atoms with Crippen molar-refractivity contribution < 1.29 is 9.84 Å². The molecule has 0 radical (unpaired) electrons. The second kappa shape index (κ2) is 2.74. The molecule has 0 saturated carbocycles. The van der Waals surface area contributed by atoms with Gasteiger partial charge in [-0.15, -0.1) is 0 Å². The maximum atomic E-state index is 8.14. The molecule has 0 aliphatic rings. The topological polar surface area (TPSA) is 29.5 Å². The number of rotatable bonds is 1. The van der Waals surface area contributed by atoms with Gasteiger partial charge in [-0.25, -0.2) is 0 Å². The first-order valence-corrected chi connectivity index (χ1v) is 1.48. The molecule has 0 aliphatic heterocycles. The quantitative estimate of drug-likeness (QED) is 0.318. The molecule has 0 aliphatic carbocycles. The first-order chi connectivity index (χ1) is 2.27. The molecule has 0 heterocycles. The van der Waals surface area contributed by atoms with Crippen molar-refractivity contribution in [2.75, 3.05) is 7.11 Å². The van der Waals surface area contributed by atoms with Gasteiger partial charge in [-0.2, -0.15) is 0 Å². The SMILES string of the molecule is [Li][CH](O)OC. The number of aliphatic hydroxyl groups excluding tert-OH is 1. The molecule has 26 valence electrons. The molecule has 0 bridgehead atoms. The van der Waals surface area contributed by atoms with Crippen LogP contribution >= 0.6 is 0 Å². The van der Waals surface area contributed by atoms with Crippen LogP contribution in [-0.4, -0.2) is 34.9 Å². The Morgan fingerprint density at radius 2 is 2.20 bits per heavy atom. The van der Waals surface area contributed by atoms with Gasteiger partial charge >= 0.3 is 39.6 Å². The van der Waals surface area contributed by atoms with Crippen LogP contribution in [-0.2, 0) is 4.74 Å². The van der Waals surface area contributed by atoms with Gasteiger partial charge in [-0.05, 0) is 0 Å².